The second-order valence-corrected chi connectivity index (χ2v) is 8.86. The highest BCUT2D eigenvalue weighted by molar-refractivity contribution is 5.79. The van der Waals surface area contributed by atoms with E-state index in [9.17, 15) is 4.79 Å². The van der Waals surface area contributed by atoms with E-state index in [-0.39, 0.29) is 12.1 Å². The van der Waals surface area contributed by atoms with Crippen molar-refractivity contribution in [1.82, 2.24) is 14.9 Å². The summed E-state index contributed by atoms with van der Waals surface area (Å²) in [5.41, 5.74) is 3.24. The normalized spacial score (nSPS) is 21.1. The summed E-state index contributed by atoms with van der Waals surface area (Å²) in [5.74, 6) is 1.66. The maximum absolute atomic E-state index is 12.5. The van der Waals surface area contributed by atoms with Crippen LogP contribution in [-0.2, 0) is 11.2 Å². The minimum atomic E-state index is -0.477. The van der Waals surface area contributed by atoms with Crippen molar-refractivity contribution >= 4 is 17.5 Å². The number of ether oxygens (including phenoxy) is 1. The van der Waals surface area contributed by atoms with Crippen molar-refractivity contribution in [2.45, 2.75) is 72.4 Å². The van der Waals surface area contributed by atoms with Gasteiger partial charge in [-0.2, -0.15) is 0 Å². The summed E-state index contributed by atoms with van der Waals surface area (Å²) in [5, 5.41) is 0. The van der Waals surface area contributed by atoms with Crippen molar-refractivity contribution < 1.29 is 9.53 Å². The van der Waals surface area contributed by atoms with E-state index in [1.54, 1.807) is 6.33 Å². The van der Waals surface area contributed by atoms with Crippen LogP contribution >= 0.6 is 0 Å². The van der Waals surface area contributed by atoms with E-state index in [1.807, 2.05) is 25.7 Å². The molecule has 154 valence electrons. The molecule has 3 rings (SSSR count). The van der Waals surface area contributed by atoms with Crippen LogP contribution < -0.4 is 4.90 Å². The van der Waals surface area contributed by atoms with Crippen LogP contribution in [0.3, 0.4) is 0 Å². The second kappa shape index (κ2) is 8.10. The summed E-state index contributed by atoms with van der Waals surface area (Å²) >= 11 is 0. The van der Waals surface area contributed by atoms with Crippen molar-refractivity contribution in [2.24, 2.45) is 5.92 Å². The van der Waals surface area contributed by atoms with Gasteiger partial charge in [0.05, 0.1) is 5.69 Å². The number of hydrogen-bond donors (Lipinski definition) is 0. The lowest BCUT2D eigenvalue weighted by Crippen LogP contribution is -2.55. The Hall–Kier alpha value is -2.11. The van der Waals surface area contributed by atoms with E-state index >= 15 is 0 Å². The van der Waals surface area contributed by atoms with Gasteiger partial charge in [0.25, 0.3) is 0 Å². The molecule has 0 bridgehead atoms. The molecule has 1 amide bonds. The SMILES string of the molecule is C/C=C(\c1c(CC)ncnc1N1CCN(C(=O)OC(C)(C)C)[C@H](C)C1)C1CC1. The number of hydrogen-bond acceptors (Lipinski definition) is 5. The van der Waals surface area contributed by atoms with Gasteiger partial charge in [0.15, 0.2) is 0 Å². The Bertz CT molecular complexity index is 749. The van der Waals surface area contributed by atoms with Crippen molar-refractivity contribution in [3.8, 4) is 0 Å². The molecule has 2 aliphatic rings. The van der Waals surface area contributed by atoms with Gasteiger partial charge in [0, 0.05) is 31.2 Å². The largest absolute Gasteiger partial charge is 0.444 e. The molecule has 6 heteroatoms. The smallest absolute Gasteiger partial charge is 0.410 e. The molecule has 0 aromatic carbocycles. The lowest BCUT2D eigenvalue weighted by Gasteiger charge is -2.41. The van der Waals surface area contributed by atoms with Crippen molar-refractivity contribution in [3.05, 3.63) is 23.7 Å². The highest BCUT2D eigenvalue weighted by Crippen LogP contribution is 2.45. The van der Waals surface area contributed by atoms with Gasteiger partial charge in [-0.1, -0.05) is 13.0 Å². The van der Waals surface area contributed by atoms with Crippen LogP contribution in [0.4, 0.5) is 10.6 Å². The summed E-state index contributed by atoms with van der Waals surface area (Å²) in [7, 11) is 0. The average Bonchev–Trinajstić information content (AvgIpc) is 3.46. The molecule has 1 saturated heterocycles. The predicted molar refractivity (Wildman–Crippen MR) is 112 cm³/mol. The molecule has 0 spiro atoms. The number of carbonyl (C=O) groups excluding carboxylic acids is 1. The first-order chi connectivity index (χ1) is 13.2. The Morgan fingerprint density at radius 2 is 2.00 bits per heavy atom. The number of carbonyl (C=O) groups is 1. The fraction of sp³-hybridized carbons (Fsp3) is 0.682. The van der Waals surface area contributed by atoms with Gasteiger partial charge in [0.2, 0.25) is 0 Å². The van der Waals surface area contributed by atoms with Gasteiger partial charge >= 0.3 is 6.09 Å². The lowest BCUT2D eigenvalue weighted by atomic mass is 9.97. The Balaban J connectivity index is 1.83. The summed E-state index contributed by atoms with van der Waals surface area (Å²) in [6.45, 7) is 14.2. The van der Waals surface area contributed by atoms with Crippen LogP contribution in [0.25, 0.3) is 5.57 Å². The summed E-state index contributed by atoms with van der Waals surface area (Å²) < 4.78 is 5.58. The standard InChI is InChI=1S/C22H34N4O2/c1-7-17(16-9-10-16)19-18(8-2)23-14-24-20(19)25-11-12-26(15(3)13-25)21(27)28-22(4,5)6/h7,14-16H,8-13H2,1-6H3/b17-7-/t15-/m1/s1. The van der Waals surface area contributed by atoms with Crippen molar-refractivity contribution in [3.63, 3.8) is 0 Å². The third-order valence-electron chi connectivity index (χ3n) is 5.41. The molecular weight excluding hydrogens is 352 g/mol. The first-order valence-corrected chi connectivity index (χ1v) is 10.5. The molecule has 1 atom stereocenters. The molecule has 1 aromatic heterocycles. The molecule has 6 nitrogen and oxygen atoms in total. The van der Waals surface area contributed by atoms with Crippen LogP contribution in [-0.4, -0.2) is 52.2 Å². The Labute approximate surface area is 169 Å². The van der Waals surface area contributed by atoms with Gasteiger partial charge in [0.1, 0.15) is 17.7 Å². The molecule has 1 saturated carbocycles. The zero-order valence-electron chi connectivity index (χ0n) is 18.2. The number of rotatable bonds is 4. The number of anilines is 1. The quantitative estimate of drug-likeness (QED) is 0.772. The van der Waals surface area contributed by atoms with Crippen LogP contribution in [0.15, 0.2) is 12.4 Å². The van der Waals surface area contributed by atoms with E-state index in [2.05, 4.69) is 36.7 Å². The highest BCUT2D eigenvalue weighted by atomic mass is 16.6. The number of allylic oxidation sites excluding steroid dienone is 2. The molecule has 2 fully saturated rings. The van der Waals surface area contributed by atoms with Gasteiger partial charge in [-0.15, -0.1) is 0 Å². The molecule has 1 aliphatic heterocycles. The van der Waals surface area contributed by atoms with Gasteiger partial charge in [-0.05, 0) is 65.4 Å². The molecule has 0 radical (unpaired) electrons. The van der Waals surface area contributed by atoms with Gasteiger partial charge in [-0.25, -0.2) is 14.8 Å². The van der Waals surface area contributed by atoms with Gasteiger partial charge in [-0.3, -0.25) is 0 Å². The minimum absolute atomic E-state index is 0.0615. The molecule has 2 heterocycles. The lowest BCUT2D eigenvalue weighted by molar-refractivity contribution is 0.0158. The fourth-order valence-electron chi connectivity index (χ4n) is 3.94. The molecule has 28 heavy (non-hydrogen) atoms. The summed E-state index contributed by atoms with van der Waals surface area (Å²) in [6.07, 6.45) is 7.08. The maximum Gasteiger partial charge on any atom is 0.410 e. The summed E-state index contributed by atoms with van der Waals surface area (Å²) in [4.78, 5) is 25.9. The number of nitrogens with zero attached hydrogens (tertiary/aromatic N) is 4. The fourth-order valence-corrected chi connectivity index (χ4v) is 3.94. The van der Waals surface area contributed by atoms with Gasteiger partial charge < -0.3 is 14.5 Å². The molecule has 1 aromatic rings. The zero-order valence-corrected chi connectivity index (χ0v) is 18.2. The second-order valence-electron chi connectivity index (χ2n) is 8.86. The van der Waals surface area contributed by atoms with E-state index in [1.165, 1.54) is 24.0 Å². The van der Waals surface area contributed by atoms with Crippen molar-refractivity contribution in [1.29, 1.82) is 0 Å². The third kappa shape index (κ3) is 4.47. The highest BCUT2D eigenvalue weighted by Gasteiger charge is 2.35. The van der Waals surface area contributed by atoms with E-state index < -0.39 is 5.60 Å². The topological polar surface area (TPSA) is 58.6 Å². The predicted octanol–water partition coefficient (Wildman–Crippen LogP) is 4.30. The minimum Gasteiger partial charge on any atom is -0.444 e. The average molecular weight is 387 g/mol. The third-order valence-corrected chi connectivity index (χ3v) is 5.41. The Morgan fingerprint density at radius 3 is 2.54 bits per heavy atom. The van der Waals surface area contributed by atoms with E-state index in [0.29, 0.717) is 12.5 Å². The maximum atomic E-state index is 12.5. The molecular formula is C22H34N4O2. The number of aromatic nitrogens is 2. The first-order valence-electron chi connectivity index (χ1n) is 10.5. The zero-order chi connectivity index (χ0) is 20.5. The molecule has 1 aliphatic carbocycles. The van der Waals surface area contributed by atoms with Crippen LogP contribution in [0, 0.1) is 5.92 Å². The number of aryl methyl sites for hydroxylation is 1. The van der Waals surface area contributed by atoms with Crippen LogP contribution in [0.1, 0.15) is 65.6 Å². The first kappa shape index (κ1) is 20.6. The van der Waals surface area contributed by atoms with E-state index in [0.717, 1.165) is 31.0 Å². The monoisotopic (exact) mass is 386 g/mol. The number of amides is 1. The van der Waals surface area contributed by atoms with Crippen LogP contribution in [0.5, 0.6) is 0 Å². The van der Waals surface area contributed by atoms with E-state index in [4.69, 9.17) is 9.72 Å². The van der Waals surface area contributed by atoms with Crippen LogP contribution in [0.2, 0.25) is 0 Å². The number of piperazine rings is 1. The molecule has 0 N–H and O–H groups in total. The Morgan fingerprint density at radius 1 is 1.29 bits per heavy atom. The molecule has 0 unspecified atom stereocenters. The Kier molecular flexibility index (Phi) is 5.96. The van der Waals surface area contributed by atoms with Crippen molar-refractivity contribution in [2.75, 3.05) is 24.5 Å². The summed E-state index contributed by atoms with van der Waals surface area (Å²) in [6, 6.07) is 0.0615.